The highest BCUT2D eigenvalue weighted by molar-refractivity contribution is 5.71. The number of carbonyl (C=O) groups is 3. The lowest BCUT2D eigenvalue weighted by atomic mass is 10.0. The van der Waals surface area contributed by atoms with Crippen molar-refractivity contribution in [3.63, 3.8) is 0 Å². The average Bonchev–Trinajstić information content (AvgIpc) is 3.45. The molecule has 0 aliphatic carbocycles. The van der Waals surface area contributed by atoms with Gasteiger partial charge in [0.15, 0.2) is 6.10 Å². The van der Waals surface area contributed by atoms with Crippen molar-refractivity contribution >= 4 is 17.9 Å². The molecular formula is C73H124O6. The molecule has 0 N–H and O–H groups in total. The lowest BCUT2D eigenvalue weighted by Gasteiger charge is -2.18. The Kier molecular flexibility index (Phi) is 63.3. The van der Waals surface area contributed by atoms with Crippen molar-refractivity contribution in [3.8, 4) is 0 Å². The predicted molar refractivity (Wildman–Crippen MR) is 343 cm³/mol. The summed E-state index contributed by atoms with van der Waals surface area (Å²) in [7, 11) is 0. The Labute approximate surface area is 489 Å². The van der Waals surface area contributed by atoms with Gasteiger partial charge in [0.2, 0.25) is 0 Å². The van der Waals surface area contributed by atoms with E-state index in [0.717, 1.165) is 89.9 Å². The first-order valence-corrected chi connectivity index (χ1v) is 33.4. The first kappa shape index (κ1) is 75.1. The van der Waals surface area contributed by atoms with Crippen molar-refractivity contribution in [2.24, 2.45) is 0 Å². The van der Waals surface area contributed by atoms with Gasteiger partial charge in [-0.1, -0.05) is 291 Å². The van der Waals surface area contributed by atoms with Crippen LogP contribution in [0.3, 0.4) is 0 Å². The Morgan fingerprint density at radius 3 is 0.861 bits per heavy atom. The van der Waals surface area contributed by atoms with Crippen LogP contribution >= 0.6 is 0 Å². The largest absolute Gasteiger partial charge is 0.462 e. The lowest BCUT2D eigenvalue weighted by Crippen LogP contribution is -2.30. The third-order valence-electron chi connectivity index (χ3n) is 14.2. The molecular weight excluding hydrogens is 973 g/mol. The van der Waals surface area contributed by atoms with Crippen LogP contribution in [-0.4, -0.2) is 37.2 Å². The van der Waals surface area contributed by atoms with E-state index in [9.17, 15) is 14.4 Å². The zero-order valence-corrected chi connectivity index (χ0v) is 51.9. The Balaban J connectivity index is 4.43. The molecule has 0 amide bonds. The monoisotopic (exact) mass is 1100 g/mol. The van der Waals surface area contributed by atoms with Crippen LogP contribution in [0.1, 0.15) is 316 Å². The van der Waals surface area contributed by atoms with Gasteiger partial charge in [-0.15, -0.1) is 0 Å². The minimum atomic E-state index is -0.825. The quantitative estimate of drug-likeness (QED) is 0.0261. The number of hydrogen-bond donors (Lipinski definition) is 0. The van der Waals surface area contributed by atoms with Gasteiger partial charge < -0.3 is 14.2 Å². The van der Waals surface area contributed by atoms with Crippen molar-refractivity contribution in [1.29, 1.82) is 0 Å². The third-order valence-corrected chi connectivity index (χ3v) is 14.2. The summed E-state index contributed by atoms with van der Waals surface area (Å²) in [5, 5.41) is 0. The standard InChI is InChI=1S/C73H124O6/c1-4-7-10-13-16-19-22-25-28-31-33-34-35-36-37-38-40-42-45-48-51-54-57-60-63-66-72(75)78-69-70(68-77-71(74)65-62-59-56-53-50-47-44-41-30-27-24-21-18-15-12-9-6-3)79-73(76)67-64-61-58-55-52-49-46-43-39-32-29-26-23-20-17-14-11-8-5-2/h8,11,17-18,20-21,26-27,29-31,33,39,43,49,52,58,61,70H,4-7,9-10,12-16,19,22-25,28,32,34-38,40-42,44-48,50-51,53-57,59-60,62-69H2,1-3H3/b11-8-,20-17-,21-18-,29-26-,30-27-,33-31-,43-39-,52-49-,61-58-. The van der Waals surface area contributed by atoms with Crippen molar-refractivity contribution in [3.05, 3.63) is 109 Å². The van der Waals surface area contributed by atoms with Crippen LogP contribution in [0.4, 0.5) is 0 Å². The van der Waals surface area contributed by atoms with Gasteiger partial charge in [0.05, 0.1) is 0 Å². The molecule has 0 fully saturated rings. The molecule has 452 valence electrons. The first-order valence-electron chi connectivity index (χ1n) is 33.4. The summed E-state index contributed by atoms with van der Waals surface area (Å²) in [5.41, 5.74) is 0. The van der Waals surface area contributed by atoms with Gasteiger partial charge in [-0.25, -0.2) is 0 Å². The SMILES string of the molecule is CC/C=C\C/C=C\C/C=C\C/C=C\C/C=C\C/C=C\CCC(=O)OC(COC(=O)CCCCCCCCC/C=C\C/C=C\CCCCC)COC(=O)CCCCCCCCCCCCCCC/C=C\CCCCCCCCCC. The summed E-state index contributed by atoms with van der Waals surface area (Å²) in [6.07, 6.45) is 91.1. The second-order valence-corrected chi connectivity index (χ2v) is 22.0. The number of unbranched alkanes of at least 4 members (excludes halogenated alkanes) is 31. The fourth-order valence-corrected chi connectivity index (χ4v) is 9.26. The number of rotatable bonds is 60. The van der Waals surface area contributed by atoms with Crippen LogP contribution in [0.2, 0.25) is 0 Å². The van der Waals surface area contributed by atoms with E-state index in [1.807, 2.05) is 6.08 Å². The smallest absolute Gasteiger partial charge is 0.306 e. The molecule has 0 spiro atoms. The molecule has 1 unspecified atom stereocenters. The van der Waals surface area contributed by atoms with Gasteiger partial charge >= 0.3 is 17.9 Å². The lowest BCUT2D eigenvalue weighted by molar-refractivity contribution is -0.166. The Morgan fingerprint density at radius 2 is 0.519 bits per heavy atom. The van der Waals surface area contributed by atoms with Gasteiger partial charge in [0.25, 0.3) is 0 Å². The van der Waals surface area contributed by atoms with E-state index < -0.39 is 12.1 Å². The van der Waals surface area contributed by atoms with Crippen LogP contribution in [0.5, 0.6) is 0 Å². The Morgan fingerprint density at radius 1 is 0.266 bits per heavy atom. The topological polar surface area (TPSA) is 78.9 Å². The molecule has 1 atom stereocenters. The summed E-state index contributed by atoms with van der Waals surface area (Å²) in [6, 6.07) is 0. The highest BCUT2D eigenvalue weighted by Crippen LogP contribution is 2.16. The van der Waals surface area contributed by atoms with Crippen LogP contribution in [-0.2, 0) is 28.6 Å². The molecule has 0 rings (SSSR count). The maximum atomic E-state index is 12.9. The summed E-state index contributed by atoms with van der Waals surface area (Å²) in [5.74, 6) is -0.995. The number of esters is 3. The van der Waals surface area contributed by atoms with E-state index in [2.05, 4.69) is 124 Å². The van der Waals surface area contributed by atoms with Crippen LogP contribution in [0, 0.1) is 0 Å². The molecule has 6 nitrogen and oxygen atoms in total. The maximum absolute atomic E-state index is 12.9. The van der Waals surface area contributed by atoms with E-state index in [1.54, 1.807) is 0 Å². The van der Waals surface area contributed by atoms with E-state index in [4.69, 9.17) is 14.2 Å². The summed E-state index contributed by atoms with van der Waals surface area (Å²) in [4.78, 5) is 38.3. The maximum Gasteiger partial charge on any atom is 0.306 e. The van der Waals surface area contributed by atoms with E-state index >= 15 is 0 Å². The number of hydrogen-bond acceptors (Lipinski definition) is 6. The summed E-state index contributed by atoms with van der Waals surface area (Å²) < 4.78 is 16.9. The highest BCUT2D eigenvalue weighted by Gasteiger charge is 2.19. The Hall–Kier alpha value is -3.93. The van der Waals surface area contributed by atoms with Crippen molar-refractivity contribution in [2.75, 3.05) is 13.2 Å². The van der Waals surface area contributed by atoms with Gasteiger partial charge in [0, 0.05) is 19.3 Å². The number of carbonyl (C=O) groups excluding carboxylic acids is 3. The molecule has 0 bridgehead atoms. The molecule has 0 saturated heterocycles. The van der Waals surface area contributed by atoms with Crippen molar-refractivity contribution in [2.45, 2.75) is 322 Å². The minimum Gasteiger partial charge on any atom is -0.462 e. The minimum absolute atomic E-state index is 0.111. The predicted octanol–water partition coefficient (Wildman–Crippen LogP) is 23.0. The Bertz CT molecular complexity index is 1590. The van der Waals surface area contributed by atoms with Crippen LogP contribution in [0.15, 0.2) is 109 Å². The molecule has 0 aliphatic heterocycles. The molecule has 0 aromatic rings. The normalized spacial score (nSPS) is 12.8. The van der Waals surface area contributed by atoms with E-state index in [-0.39, 0.29) is 31.6 Å². The number of ether oxygens (including phenoxy) is 3. The summed E-state index contributed by atoms with van der Waals surface area (Å²) >= 11 is 0. The third kappa shape index (κ3) is 64.8. The fourth-order valence-electron chi connectivity index (χ4n) is 9.26. The molecule has 0 aliphatic rings. The van der Waals surface area contributed by atoms with E-state index in [1.165, 1.54) is 180 Å². The van der Waals surface area contributed by atoms with E-state index in [0.29, 0.717) is 19.3 Å². The first-order chi connectivity index (χ1) is 39.0. The van der Waals surface area contributed by atoms with Gasteiger partial charge in [-0.05, 0) is 116 Å². The number of allylic oxidation sites excluding steroid dienone is 18. The zero-order valence-electron chi connectivity index (χ0n) is 51.9. The highest BCUT2D eigenvalue weighted by atomic mass is 16.6. The molecule has 0 aromatic heterocycles. The zero-order chi connectivity index (χ0) is 57.1. The van der Waals surface area contributed by atoms with Crippen molar-refractivity contribution in [1.82, 2.24) is 0 Å². The summed E-state index contributed by atoms with van der Waals surface area (Å²) in [6.45, 7) is 6.46. The molecule has 0 radical (unpaired) electrons. The molecule has 0 aromatic carbocycles. The average molecular weight is 1100 g/mol. The fraction of sp³-hybridized carbons (Fsp3) is 0.712. The van der Waals surface area contributed by atoms with Gasteiger partial charge in [0.1, 0.15) is 13.2 Å². The van der Waals surface area contributed by atoms with Crippen LogP contribution in [0.25, 0.3) is 0 Å². The molecule has 0 saturated carbocycles. The molecule has 79 heavy (non-hydrogen) atoms. The second-order valence-electron chi connectivity index (χ2n) is 22.0. The molecule has 0 heterocycles. The van der Waals surface area contributed by atoms with Gasteiger partial charge in [-0.2, -0.15) is 0 Å². The molecule has 6 heteroatoms. The van der Waals surface area contributed by atoms with Crippen LogP contribution < -0.4 is 0 Å². The second kappa shape index (κ2) is 66.6. The van der Waals surface area contributed by atoms with Gasteiger partial charge in [-0.3, -0.25) is 14.4 Å². The van der Waals surface area contributed by atoms with Crippen molar-refractivity contribution < 1.29 is 28.6 Å².